The van der Waals surface area contributed by atoms with Gasteiger partial charge in [0.25, 0.3) is 0 Å². The Bertz CT molecular complexity index is 586. The molecule has 0 aromatic heterocycles. The fourth-order valence-electron chi connectivity index (χ4n) is 1.91. The van der Waals surface area contributed by atoms with E-state index in [1.807, 2.05) is 18.2 Å². The smallest absolute Gasteiger partial charge is 0.125 e. The van der Waals surface area contributed by atoms with E-state index >= 15 is 0 Å². The van der Waals surface area contributed by atoms with E-state index in [9.17, 15) is 0 Å². The summed E-state index contributed by atoms with van der Waals surface area (Å²) in [6.07, 6.45) is 0. The van der Waals surface area contributed by atoms with Crippen molar-refractivity contribution in [2.24, 2.45) is 0 Å². The minimum atomic E-state index is 0.643. The van der Waals surface area contributed by atoms with Crippen LogP contribution in [-0.4, -0.2) is 7.11 Å². The minimum absolute atomic E-state index is 0.643. The lowest BCUT2D eigenvalue weighted by Gasteiger charge is -2.13. The predicted octanol–water partition coefficient (Wildman–Crippen LogP) is 4.87. The van der Waals surface area contributed by atoms with Crippen molar-refractivity contribution in [1.82, 2.24) is 0 Å². The van der Waals surface area contributed by atoms with Crippen LogP contribution in [0.2, 0.25) is 5.02 Å². The molecule has 0 aliphatic carbocycles. The van der Waals surface area contributed by atoms with Gasteiger partial charge in [0.1, 0.15) is 5.75 Å². The van der Waals surface area contributed by atoms with E-state index in [4.69, 9.17) is 16.3 Å². The summed E-state index contributed by atoms with van der Waals surface area (Å²) in [5.41, 5.74) is 3.31. The first-order valence-electron chi connectivity index (χ1n) is 5.93. The van der Waals surface area contributed by atoms with Gasteiger partial charge < -0.3 is 10.1 Å². The van der Waals surface area contributed by atoms with Crippen molar-refractivity contribution >= 4 is 39.9 Å². The van der Waals surface area contributed by atoms with Gasteiger partial charge in [0.15, 0.2) is 0 Å². The molecule has 4 heteroatoms. The van der Waals surface area contributed by atoms with Crippen molar-refractivity contribution in [1.29, 1.82) is 0 Å². The van der Waals surface area contributed by atoms with E-state index in [1.54, 1.807) is 7.11 Å². The van der Waals surface area contributed by atoms with Crippen LogP contribution in [0.3, 0.4) is 0 Å². The van der Waals surface area contributed by atoms with Gasteiger partial charge in [0.05, 0.1) is 7.11 Å². The lowest BCUT2D eigenvalue weighted by atomic mass is 10.1. The molecule has 0 radical (unpaired) electrons. The molecule has 0 saturated carbocycles. The van der Waals surface area contributed by atoms with Crippen molar-refractivity contribution < 1.29 is 4.74 Å². The quantitative estimate of drug-likeness (QED) is 0.756. The highest BCUT2D eigenvalue weighted by molar-refractivity contribution is 14.1. The van der Waals surface area contributed by atoms with Gasteiger partial charge in [-0.25, -0.2) is 0 Å². The Morgan fingerprint density at radius 2 is 2.05 bits per heavy atom. The van der Waals surface area contributed by atoms with Crippen LogP contribution in [-0.2, 0) is 6.54 Å². The zero-order valence-electron chi connectivity index (χ0n) is 10.8. The molecular weight excluding hydrogens is 373 g/mol. The van der Waals surface area contributed by atoms with Gasteiger partial charge in [-0.3, -0.25) is 0 Å². The third-order valence-electron chi connectivity index (χ3n) is 2.94. The van der Waals surface area contributed by atoms with E-state index in [0.717, 1.165) is 22.0 Å². The third kappa shape index (κ3) is 3.54. The molecule has 0 amide bonds. The highest BCUT2D eigenvalue weighted by Gasteiger charge is 2.08. The first-order valence-corrected chi connectivity index (χ1v) is 7.39. The molecule has 19 heavy (non-hydrogen) atoms. The van der Waals surface area contributed by atoms with Crippen LogP contribution in [0.15, 0.2) is 36.4 Å². The summed E-state index contributed by atoms with van der Waals surface area (Å²) in [4.78, 5) is 0. The predicted molar refractivity (Wildman–Crippen MR) is 89.2 cm³/mol. The second-order valence-corrected chi connectivity index (χ2v) is 5.89. The van der Waals surface area contributed by atoms with Gasteiger partial charge in [-0.2, -0.15) is 0 Å². The van der Waals surface area contributed by atoms with Crippen LogP contribution < -0.4 is 10.1 Å². The molecule has 100 valence electrons. The van der Waals surface area contributed by atoms with Gasteiger partial charge >= 0.3 is 0 Å². The number of rotatable bonds is 4. The van der Waals surface area contributed by atoms with Gasteiger partial charge in [-0.15, -0.1) is 0 Å². The first kappa shape index (κ1) is 14.5. The SMILES string of the molecule is COc1cccc(Cl)c1CNc1ccc(I)cc1C. The highest BCUT2D eigenvalue weighted by atomic mass is 127. The van der Waals surface area contributed by atoms with E-state index < -0.39 is 0 Å². The number of nitrogens with one attached hydrogen (secondary N) is 1. The molecule has 0 saturated heterocycles. The normalized spacial score (nSPS) is 10.3. The molecule has 0 heterocycles. The average molecular weight is 388 g/mol. The van der Waals surface area contributed by atoms with Gasteiger partial charge in [-0.05, 0) is 65.4 Å². The van der Waals surface area contributed by atoms with Crippen molar-refractivity contribution in [2.75, 3.05) is 12.4 Å². The molecule has 0 bridgehead atoms. The zero-order chi connectivity index (χ0) is 13.8. The molecule has 0 spiro atoms. The number of benzene rings is 2. The molecule has 2 aromatic rings. The Morgan fingerprint density at radius 3 is 2.74 bits per heavy atom. The molecule has 2 rings (SSSR count). The molecule has 0 aliphatic rings. The van der Waals surface area contributed by atoms with Crippen molar-refractivity contribution in [3.8, 4) is 5.75 Å². The van der Waals surface area contributed by atoms with E-state index in [1.165, 1.54) is 9.13 Å². The summed E-state index contributed by atoms with van der Waals surface area (Å²) in [5, 5.41) is 4.12. The summed E-state index contributed by atoms with van der Waals surface area (Å²) in [6, 6.07) is 12.0. The highest BCUT2D eigenvalue weighted by Crippen LogP contribution is 2.27. The molecule has 2 nitrogen and oxygen atoms in total. The molecule has 2 aromatic carbocycles. The third-order valence-corrected chi connectivity index (χ3v) is 3.96. The van der Waals surface area contributed by atoms with Crippen LogP contribution in [0.25, 0.3) is 0 Å². The largest absolute Gasteiger partial charge is 0.496 e. The number of hydrogen-bond acceptors (Lipinski definition) is 2. The van der Waals surface area contributed by atoms with Crippen LogP contribution in [0.5, 0.6) is 5.75 Å². The topological polar surface area (TPSA) is 21.3 Å². The maximum absolute atomic E-state index is 6.22. The summed E-state index contributed by atoms with van der Waals surface area (Å²) in [6.45, 7) is 2.73. The fraction of sp³-hybridized carbons (Fsp3) is 0.200. The number of ether oxygens (including phenoxy) is 1. The number of halogens is 2. The maximum Gasteiger partial charge on any atom is 0.125 e. The second-order valence-electron chi connectivity index (χ2n) is 4.23. The second kappa shape index (κ2) is 6.48. The zero-order valence-corrected chi connectivity index (χ0v) is 13.7. The number of aryl methyl sites for hydroxylation is 1. The Balaban J connectivity index is 2.19. The molecule has 0 aliphatic heterocycles. The molecule has 0 unspecified atom stereocenters. The summed E-state index contributed by atoms with van der Waals surface area (Å²) < 4.78 is 6.57. The molecule has 0 fully saturated rings. The first-order chi connectivity index (χ1) is 9.11. The summed E-state index contributed by atoms with van der Waals surface area (Å²) in [7, 11) is 1.66. The van der Waals surface area contributed by atoms with Crippen molar-refractivity contribution in [3.05, 3.63) is 56.1 Å². The Labute approximate surface area is 132 Å². The van der Waals surface area contributed by atoms with Gasteiger partial charge in [0, 0.05) is 26.4 Å². The molecular formula is C15H15ClINO. The standard InChI is InChI=1S/C15H15ClINO/c1-10-8-11(17)6-7-14(10)18-9-12-13(16)4-3-5-15(12)19-2/h3-8,18H,9H2,1-2H3. The lowest BCUT2D eigenvalue weighted by molar-refractivity contribution is 0.410. The minimum Gasteiger partial charge on any atom is -0.496 e. The fourth-order valence-corrected chi connectivity index (χ4v) is 2.79. The Morgan fingerprint density at radius 1 is 1.26 bits per heavy atom. The summed E-state index contributed by atoms with van der Waals surface area (Å²) in [5.74, 6) is 0.808. The number of hydrogen-bond donors (Lipinski definition) is 1. The number of methoxy groups -OCH3 is 1. The van der Waals surface area contributed by atoms with Crippen molar-refractivity contribution in [3.63, 3.8) is 0 Å². The molecule has 0 atom stereocenters. The maximum atomic E-state index is 6.22. The van der Waals surface area contributed by atoms with Gasteiger partial charge in [0.2, 0.25) is 0 Å². The monoisotopic (exact) mass is 387 g/mol. The Hall–Kier alpha value is -0.940. The van der Waals surface area contributed by atoms with E-state index in [-0.39, 0.29) is 0 Å². The van der Waals surface area contributed by atoms with E-state index in [0.29, 0.717) is 6.54 Å². The number of anilines is 1. The molecule has 1 N–H and O–H groups in total. The average Bonchev–Trinajstić information content (AvgIpc) is 2.39. The van der Waals surface area contributed by atoms with Crippen LogP contribution in [0, 0.1) is 10.5 Å². The van der Waals surface area contributed by atoms with Crippen LogP contribution in [0.4, 0.5) is 5.69 Å². The Kier molecular flexibility index (Phi) is 4.93. The summed E-state index contributed by atoms with van der Waals surface area (Å²) >= 11 is 8.53. The van der Waals surface area contributed by atoms with Gasteiger partial charge in [-0.1, -0.05) is 17.7 Å². The van der Waals surface area contributed by atoms with Crippen molar-refractivity contribution in [2.45, 2.75) is 13.5 Å². The lowest BCUT2D eigenvalue weighted by Crippen LogP contribution is -2.03. The van der Waals surface area contributed by atoms with E-state index in [2.05, 4.69) is 53.0 Å². The van der Waals surface area contributed by atoms with Crippen LogP contribution >= 0.6 is 34.2 Å². The van der Waals surface area contributed by atoms with Crippen LogP contribution in [0.1, 0.15) is 11.1 Å².